The molecule has 0 saturated heterocycles. The summed E-state index contributed by atoms with van der Waals surface area (Å²) in [6, 6.07) is 4.21. The SMILES string of the molecule is CSc1cc2c(cc1Cl)NCC2. The third-order valence-electron chi connectivity index (χ3n) is 2.09. The lowest BCUT2D eigenvalue weighted by molar-refractivity contribution is 1.10. The Hall–Kier alpha value is -0.340. The third kappa shape index (κ3) is 1.29. The molecule has 0 aliphatic carbocycles. The number of thioether (sulfide) groups is 1. The van der Waals surface area contributed by atoms with Gasteiger partial charge >= 0.3 is 0 Å². The quantitative estimate of drug-likeness (QED) is 0.698. The van der Waals surface area contributed by atoms with Crippen molar-refractivity contribution in [2.75, 3.05) is 18.1 Å². The number of hydrogen-bond donors (Lipinski definition) is 1. The first-order valence-corrected chi connectivity index (χ1v) is 5.52. The average molecular weight is 200 g/mol. The maximum Gasteiger partial charge on any atom is 0.0562 e. The molecule has 0 unspecified atom stereocenters. The summed E-state index contributed by atoms with van der Waals surface area (Å²) in [6.07, 6.45) is 3.18. The van der Waals surface area contributed by atoms with Gasteiger partial charge in [-0.3, -0.25) is 0 Å². The zero-order valence-corrected chi connectivity index (χ0v) is 8.43. The van der Waals surface area contributed by atoms with Gasteiger partial charge in [-0.2, -0.15) is 0 Å². The molecule has 1 aliphatic heterocycles. The highest BCUT2D eigenvalue weighted by Crippen LogP contribution is 2.33. The Bertz CT molecular complexity index is 311. The first-order valence-electron chi connectivity index (χ1n) is 3.91. The Morgan fingerprint density at radius 2 is 2.33 bits per heavy atom. The summed E-state index contributed by atoms with van der Waals surface area (Å²) in [5.74, 6) is 0. The van der Waals surface area contributed by atoms with Crippen molar-refractivity contribution in [2.45, 2.75) is 11.3 Å². The molecule has 2 rings (SSSR count). The number of anilines is 1. The molecule has 1 N–H and O–H groups in total. The van der Waals surface area contributed by atoms with Crippen molar-refractivity contribution in [1.82, 2.24) is 0 Å². The Kier molecular flexibility index (Phi) is 2.20. The molecule has 0 atom stereocenters. The lowest BCUT2D eigenvalue weighted by Crippen LogP contribution is -1.90. The van der Waals surface area contributed by atoms with E-state index in [1.807, 2.05) is 6.07 Å². The second-order valence-corrected chi connectivity index (χ2v) is 4.08. The minimum atomic E-state index is 0.857. The van der Waals surface area contributed by atoms with Gasteiger partial charge in [-0.25, -0.2) is 0 Å². The molecular formula is C9H10ClNS. The molecule has 0 fully saturated rings. The Balaban J connectivity index is 2.49. The molecule has 1 aromatic rings. The summed E-state index contributed by atoms with van der Waals surface area (Å²) in [6.45, 7) is 1.05. The molecule has 3 heteroatoms. The van der Waals surface area contributed by atoms with Crippen LogP contribution in [0.25, 0.3) is 0 Å². The van der Waals surface area contributed by atoms with E-state index in [9.17, 15) is 0 Å². The Morgan fingerprint density at radius 3 is 3.08 bits per heavy atom. The maximum atomic E-state index is 6.05. The van der Waals surface area contributed by atoms with Gasteiger partial charge in [0.1, 0.15) is 0 Å². The fourth-order valence-corrected chi connectivity index (χ4v) is 2.36. The highest BCUT2D eigenvalue weighted by atomic mass is 35.5. The van der Waals surface area contributed by atoms with Crippen LogP contribution in [0, 0.1) is 0 Å². The first-order chi connectivity index (χ1) is 5.81. The van der Waals surface area contributed by atoms with Gasteiger partial charge in [-0.05, 0) is 30.4 Å². The van der Waals surface area contributed by atoms with Crippen molar-refractivity contribution < 1.29 is 0 Å². The largest absolute Gasteiger partial charge is 0.384 e. The van der Waals surface area contributed by atoms with E-state index in [2.05, 4.69) is 17.6 Å². The molecule has 0 saturated carbocycles. The van der Waals surface area contributed by atoms with Gasteiger partial charge in [0.15, 0.2) is 0 Å². The van der Waals surface area contributed by atoms with Crippen molar-refractivity contribution >= 4 is 29.1 Å². The predicted octanol–water partition coefficient (Wildman–Crippen LogP) is 3.03. The second kappa shape index (κ2) is 3.19. The van der Waals surface area contributed by atoms with Gasteiger partial charge in [-0.15, -0.1) is 11.8 Å². The average Bonchev–Trinajstić information content (AvgIpc) is 2.49. The molecule has 0 aromatic heterocycles. The molecule has 1 nitrogen and oxygen atoms in total. The number of fused-ring (bicyclic) bond motifs is 1. The van der Waals surface area contributed by atoms with Gasteiger partial charge in [0.2, 0.25) is 0 Å². The van der Waals surface area contributed by atoms with Crippen LogP contribution in [0.4, 0.5) is 5.69 Å². The van der Waals surface area contributed by atoms with Crippen molar-refractivity contribution in [3.63, 3.8) is 0 Å². The van der Waals surface area contributed by atoms with Gasteiger partial charge in [-0.1, -0.05) is 11.6 Å². The number of rotatable bonds is 1. The van der Waals surface area contributed by atoms with E-state index < -0.39 is 0 Å². The van der Waals surface area contributed by atoms with Crippen LogP contribution in [-0.4, -0.2) is 12.8 Å². The third-order valence-corrected chi connectivity index (χ3v) is 3.29. The molecule has 0 bridgehead atoms. The monoisotopic (exact) mass is 199 g/mol. The number of benzene rings is 1. The van der Waals surface area contributed by atoms with Crippen LogP contribution in [0.2, 0.25) is 5.02 Å². The fraction of sp³-hybridized carbons (Fsp3) is 0.333. The van der Waals surface area contributed by atoms with Crippen molar-refractivity contribution in [1.29, 1.82) is 0 Å². The Labute approximate surface area is 81.5 Å². The van der Waals surface area contributed by atoms with Gasteiger partial charge in [0.25, 0.3) is 0 Å². The smallest absolute Gasteiger partial charge is 0.0562 e. The van der Waals surface area contributed by atoms with E-state index in [0.29, 0.717) is 0 Å². The van der Waals surface area contributed by atoms with Crippen molar-refractivity contribution in [2.24, 2.45) is 0 Å². The van der Waals surface area contributed by atoms with E-state index in [-0.39, 0.29) is 0 Å². The molecule has 0 spiro atoms. The van der Waals surface area contributed by atoms with Crippen LogP contribution >= 0.6 is 23.4 Å². The van der Waals surface area contributed by atoms with Crippen molar-refractivity contribution in [3.8, 4) is 0 Å². The van der Waals surface area contributed by atoms with Gasteiger partial charge < -0.3 is 5.32 Å². The first kappa shape index (κ1) is 8.27. The molecule has 0 amide bonds. The normalized spacial score (nSPS) is 14.2. The van der Waals surface area contributed by atoms with E-state index in [1.165, 1.54) is 16.1 Å². The van der Waals surface area contributed by atoms with Crippen LogP contribution in [0.1, 0.15) is 5.56 Å². The van der Waals surface area contributed by atoms with Crippen LogP contribution in [0.5, 0.6) is 0 Å². The summed E-state index contributed by atoms with van der Waals surface area (Å²) in [4.78, 5) is 1.18. The van der Waals surface area contributed by atoms with Crippen molar-refractivity contribution in [3.05, 3.63) is 22.7 Å². The molecule has 1 heterocycles. The zero-order chi connectivity index (χ0) is 8.55. The fourth-order valence-electron chi connectivity index (χ4n) is 1.46. The number of hydrogen-bond acceptors (Lipinski definition) is 2. The molecular weight excluding hydrogens is 190 g/mol. The minimum Gasteiger partial charge on any atom is -0.384 e. The Morgan fingerprint density at radius 1 is 1.50 bits per heavy atom. The summed E-state index contributed by atoms with van der Waals surface area (Å²) >= 11 is 7.75. The standard InChI is InChI=1S/C9H10ClNS/c1-12-9-4-6-2-3-11-8(6)5-7(9)10/h4-5,11H,2-3H2,1H3. The number of halogens is 1. The van der Waals surface area contributed by atoms with Crippen LogP contribution < -0.4 is 5.32 Å². The molecule has 0 radical (unpaired) electrons. The molecule has 1 aromatic carbocycles. The lowest BCUT2D eigenvalue weighted by atomic mass is 10.2. The maximum absolute atomic E-state index is 6.05. The van der Waals surface area contributed by atoms with E-state index in [4.69, 9.17) is 11.6 Å². The van der Waals surface area contributed by atoms with Crippen LogP contribution in [0.15, 0.2) is 17.0 Å². The summed E-state index contributed by atoms with van der Waals surface area (Å²) < 4.78 is 0. The highest BCUT2D eigenvalue weighted by molar-refractivity contribution is 7.98. The van der Waals surface area contributed by atoms with Gasteiger partial charge in [0.05, 0.1) is 5.02 Å². The topological polar surface area (TPSA) is 12.0 Å². The van der Waals surface area contributed by atoms with Gasteiger partial charge in [0, 0.05) is 17.1 Å². The molecule has 1 aliphatic rings. The number of nitrogens with one attached hydrogen (secondary N) is 1. The van der Waals surface area contributed by atoms with E-state index in [1.54, 1.807) is 11.8 Å². The summed E-state index contributed by atoms with van der Waals surface area (Å²) in [5, 5.41) is 4.16. The molecule has 64 valence electrons. The lowest BCUT2D eigenvalue weighted by Gasteiger charge is -2.04. The zero-order valence-electron chi connectivity index (χ0n) is 6.86. The van der Waals surface area contributed by atoms with Crippen LogP contribution in [0.3, 0.4) is 0 Å². The summed E-state index contributed by atoms with van der Waals surface area (Å²) in [5.41, 5.74) is 2.60. The van der Waals surface area contributed by atoms with E-state index in [0.717, 1.165) is 18.0 Å². The van der Waals surface area contributed by atoms with Crippen LogP contribution in [-0.2, 0) is 6.42 Å². The minimum absolute atomic E-state index is 0.857. The molecule has 12 heavy (non-hydrogen) atoms. The predicted molar refractivity (Wildman–Crippen MR) is 55.4 cm³/mol. The second-order valence-electron chi connectivity index (χ2n) is 2.82. The summed E-state index contributed by atoms with van der Waals surface area (Å²) in [7, 11) is 0. The highest BCUT2D eigenvalue weighted by Gasteiger charge is 2.12. The van der Waals surface area contributed by atoms with E-state index >= 15 is 0 Å².